The topological polar surface area (TPSA) is 21.3 Å². The van der Waals surface area contributed by atoms with Crippen LogP contribution in [0.3, 0.4) is 0 Å². The van der Waals surface area contributed by atoms with Gasteiger partial charge in [0.2, 0.25) is 0 Å². The Hall–Kier alpha value is -1.96. The summed E-state index contributed by atoms with van der Waals surface area (Å²) in [6.07, 6.45) is 1.06. The molecule has 0 bridgehead atoms. The summed E-state index contributed by atoms with van der Waals surface area (Å²) in [5.74, 6) is 0.942. The molecule has 23 heavy (non-hydrogen) atoms. The Morgan fingerprint density at radius 1 is 1.04 bits per heavy atom. The number of ether oxygens (including phenoxy) is 1. The summed E-state index contributed by atoms with van der Waals surface area (Å²) in [7, 11) is 0. The van der Waals surface area contributed by atoms with Crippen LogP contribution in [0.4, 0.5) is 5.69 Å². The monoisotopic (exact) mass is 309 g/mol. The van der Waals surface area contributed by atoms with Gasteiger partial charge in [0.1, 0.15) is 5.75 Å². The molecule has 0 saturated heterocycles. The Kier molecular flexibility index (Phi) is 3.87. The highest BCUT2D eigenvalue weighted by atomic mass is 16.5. The fourth-order valence-electron chi connectivity index (χ4n) is 3.95. The van der Waals surface area contributed by atoms with E-state index >= 15 is 0 Å². The molecule has 2 aromatic rings. The molecule has 1 heterocycles. The zero-order valence-corrected chi connectivity index (χ0v) is 14.9. The summed E-state index contributed by atoms with van der Waals surface area (Å²) in [5, 5.41) is 3.70. The lowest BCUT2D eigenvalue weighted by molar-refractivity contribution is 0.339. The van der Waals surface area contributed by atoms with Crippen LogP contribution in [0.5, 0.6) is 5.75 Å². The van der Waals surface area contributed by atoms with Gasteiger partial charge in [-0.2, -0.15) is 0 Å². The van der Waals surface area contributed by atoms with E-state index < -0.39 is 0 Å². The van der Waals surface area contributed by atoms with Crippen molar-refractivity contribution in [3.05, 3.63) is 59.2 Å². The molecule has 0 fully saturated rings. The van der Waals surface area contributed by atoms with Gasteiger partial charge in [-0.05, 0) is 63.4 Å². The van der Waals surface area contributed by atoms with E-state index in [-0.39, 0.29) is 11.0 Å². The largest absolute Gasteiger partial charge is 0.494 e. The summed E-state index contributed by atoms with van der Waals surface area (Å²) >= 11 is 0. The van der Waals surface area contributed by atoms with Crippen LogP contribution in [-0.4, -0.2) is 12.1 Å². The molecule has 1 atom stereocenters. The first-order valence-electron chi connectivity index (χ1n) is 8.47. The van der Waals surface area contributed by atoms with E-state index in [0.29, 0.717) is 6.61 Å². The number of hydrogen-bond acceptors (Lipinski definition) is 2. The van der Waals surface area contributed by atoms with E-state index in [1.807, 2.05) is 6.92 Å². The maximum atomic E-state index is 5.60. The van der Waals surface area contributed by atoms with Crippen LogP contribution in [-0.2, 0) is 5.41 Å². The van der Waals surface area contributed by atoms with Crippen LogP contribution in [0.2, 0.25) is 0 Å². The van der Waals surface area contributed by atoms with Gasteiger partial charge in [-0.25, -0.2) is 0 Å². The van der Waals surface area contributed by atoms with Gasteiger partial charge in [0.25, 0.3) is 0 Å². The van der Waals surface area contributed by atoms with Crippen molar-refractivity contribution in [1.29, 1.82) is 0 Å². The van der Waals surface area contributed by atoms with Gasteiger partial charge in [-0.15, -0.1) is 0 Å². The van der Waals surface area contributed by atoms with Crippen molar-refractivity contribution in [1.82, 2.24) is 0 Å². The number of hydrogen-bond donors (Lipinski definition) is 1. The van der Waals surface area contributed by atoms with Gasteiger partial charge in [0.15, 0.2) is 0 Å². The summed E-state index contributed by atoms with van der Waals surface area (Å²) in [5.41, 5.74) is 5.37. The lowest BCUT2D eigenvalue weighted by Crippen LogP contribution is -2.45. The number of anilines is 1. The Morgan fingerprint density at radius 2 is 1.74 bits per heavy atom. The zero-order chi connectivity index (χ0) is 16.7. The Labute approximate surface area is 139 Å². The standard InChI is InChI=1S/C21H27NO/c1-6-23-17-10-8-16(9-11-17)21(5)14-20(3,4)22-19-12-7-15(2)13-18(19)21/h7-13,22H,6,14H2,1-5H3. The molecule has 0 aliphatic carbocycles. The maximum absolute atomic E-state index is 5.60. The third-order valence-electron chi connectivity index (χ3n) is 4.84. The van der Waals surface area contributed by atoms with Gasteiger partial charge in [-0.1, -0.05) is 36.8 Å². The summed E-state index contributed by atoms with van der Waals surface area (Å²) in [6.45, 7) is 11.8. The SMILES string of the molecule is CCOc1ccc(C2(C)CC(C)(C)Nc3ccc(C)cc32)cc1. The minimum atomic E-state index is 0.000841. The minimum absolute atomic E-state index is 0.000841. The molecule has 1 unspecified atom stereocenters. The second-order valence-corrected chi connectivity index (χ2v) is 7.52. The first-order chi connectivity index (χ1) is 10.8. The van der Waals surface area contributed by atoms with Crippen molar-refractivity contribution in [2.45, 2.75) is 52.0 Å². The molecule has 0 aromatic heterocycles. The summed E-state index contributed by atoms with van der Waals surface area (Å²) in [4.78, 5) is 0. The molecule has 2 heteroatoms. The molecule has 122 valence electrons. The quantitative estimate of drug-likeness (QED) is 0.831. The highest BCUT2D eigenvalue weighted by molar-refractivity contribution is 5.63. The summed E-state index contributed by atoms with van der Waals surface area (Å²) in [6, 6.07) is 15.4. The van der Waals surface area contributed by atoms with Crippen molar-refractivity contribution in [2.75, 3.05) is 11.9 Å². The van der Waals surface area contributed by atoms with Crippen molar-refractivity contribution < 1.29 is 4.74 Å². The number of fused-ring (bicyclic) bond motifs is 1. The van der Waals surface area contributed by atoms with Crippen LogP contribution >= 0.6 is 0 Å². The molecule has 0 amide bonds. The normalized spacial score (nSPS) is 22.1. The average molecular weight is 309 g/mol. The minimum Gasteiger partial charge on any atom is -0.494 e. The molecule has 0 saturated carbocycles. The van der Waals surface area contributed by atoms with Gasteiger partial charge in [0, 0.05) is 16.6 Å². The zero-order valence-electron chi connectivity index (χ0n) is 14.9. The number of benzene rings is 2. The second kappa shape index (κ2) is 5.59. The van der Waals surface area contributed by atoms with Crippen LogP contribution < -0.4 is 10.1 Å². The first-order valence-corrected chi connectivity index (χ1v) is 8.47. The number of nitrogens with one attached hydrogen (secondary N) is 1. The molecule has 1 aliphatic rings. The summed E-state index contributed by atoms with van der Waals surface area (Å²) < 4.78 is 5.60. The molecule has 0 radical (unpaired) electrons. The Morgan fingerprint density at radius 3 is 2.39 bits per heavy atom. The third kappa shape index (κ3) is 2.95. The van der Waals surface area contributed by atoms with Gasteiger partial charge < -0.3 is 10.1 Å². The lowest BCUT2D eigenvalue weighted by Gasteiger charge is -2.46. The van der Waals surface area contributed by atoms with Gasteiger partial charge >= 0.3 is 0 Å². The molecule has 2 nitrogen and oxygen atoms in total. The Bertz CT molecular complexity index is 702. The molecular formula is C21H27NO. The molecule has 3 rings (SSSR count). The Balaban J connectivity index is 2.10. The van der Waals surface area contributed by atoms with Crippen LogP contribution in [0.1, 0.15) is 50.8 Å². The highest BCUT2D eigenvalue weighted by Gasteiger charge is 2.41. The molecule has 1 aliphatic heterocycles. The van der Waals surface area contributed by atoms with Crippen LogP contribution in [0.15, 0.2) is 42.5 Å². The van der Waals surface area contributed by atoms with E-state index in [1.165, 1.54) is 22.4 Å². The number of rotatable bonds is 3. The molecular weight excluding hydrogens is 282 g/mol. The average Bonchev–Trinajstić information content (AvgIpc) is 2.48. The smallest absolute Gasteiger partial charge is 0.119 e. The fourth-order valence-corrected chi connectivity index (χ4v) is 3.95. The van der Waals surface area contributed by atoms with Crippen LogP contribution in [0, 0.1) is 6.92 Å². The second-order valence-electron chi connectivity index (χ2n) is 7.52. The first kappa shape index (κ1) is 15.9. The molecule has 2 aromatic carbocycles. The van der Waals surface area contributed by atoms with Crippen molar-refractivity contribution >= 4 is 5.69 Å². The maximum Gasteiger partial charge on any atom is 0.119 e. The van der Waals surface area contributed by atoms with E-state index in [4.69, 9.17) is 4.74 Å². The predicted octanol–water partition coefficient (Wildman–Crippen LogP) is 5.29. The van der Waals surface area contributed by atoms with E-state index in [1.54, 1.807) is 0 Å². The predicted molar refractivity (Wildman–Crippen MR) is 97.6 cm³/mol. The van der Waals surface area contributed by atoms with Crippen molar-refractivity contribution in [3.63, 3.8) is 0 Å². The van der Waals surface area contributed by atoms with E-state index in [2.05, 4.69) is 75.5 Å². The van der Waals surface area contributed by atoms with Crippen molar-refractivity contribution in [2.24, 2.45) is 0 Å². The van der Waals surface area contributed by atoms with E-state index in [9.17, 15) is 0 Å². The lowest BCUT2D eigenvalue weighted by atomic mass is 9.66. The van der Waals surface area contributed by atoms with Gasteiger partial charge in [0.05, 0.1) is 6.61 Å². The van der Waals surface area contributed by atoms with Crippen molar-refractivity contribution in [3.8, 4) is 5.75 Å². The molecule has 0 spiro atoms. The van der Waals surface area contributed by atoms with E-state index in [0.717, 1.165) is 12.2 Å². The fraction of sp³-hybridized carbons (Fsp3) is 0.429. The molecule has 1 N–H and O–H groups in total. The highest BCUT2D eigenvalue weighted by Crippen LogP contribution is 2.47. The van der Waals surface area contributed by atoms with Gasteiger partial charge in [-0.3, -0.25) is 0 Å². The third-order valence-corrected chi connectivity index (χ3v) is 4.84. The number of aryl methyl sites for hydroxylation is 1. The van der Waals surface area contributed by atoms with Crippen LogP contribution in [0.25, 0.3) is 0 Å².